The number of carbonyl (C=O) groups excluding carboxylic acids is 2. The maximum absolute atomic E-state index is 13.0. The molecule has 0 aromatic heterocycles. The van der Waals surface area contributed by atoms with Crippen molar-refractivity contribution in [3.8, 4) is 0 Å². The van der Waals surface area contributed by atoms with Crippen LogP contribution in [0.25, 0.3) is 0 Å². The molecule has 3 aromatic carbocycles. The zero-order valence-corrected chi connectivity index (χ0v) is 19.6. The van der Waals surface area contributed by atoms with Crippen LogP contribution in [0, 0.1) is 17.0 Å². The average molecular weight is 480 g/mol. The molecular weight excluding hydrogens is 454 g/mol. The van der Waals surface area contributed by atoms with Crippen molar-refractivity contribution in [3.05, 3.63) is 105 Å². The summed E-state index contributed by atoms with van der Waals surface area (Å²) in [4.78, 5) is 35.4. The van der Waals surface area contributed by atoms with Crippen LogP contribution in [0.5, 0.6) is 0 Å². The molecule has 0 radical (unpaired) electrons. The number of hydrogen-bond acceptors (Lipinski definition) is 6. The number of non-ortho nitro benzene ring substituents is 1. The Morgan fingerprint density at radius 1 is 0.853 bits per heavy atom. The number of sulfone groups is 1. The average Bonchev–Trinajstić information content (AvgIpc) is 2.83. The third kappa shape index (κ3) is 6.68. The van der Waals surface area contributed by atoms with Crippen molar-refractivity contribution in [1.29, 1.82) is 0 Å². The molecule has 0 N–H and O–H groups in total. The fourth-order valence-electron chi connectivity index (χ4n) is 3.53. The van der Waals surface area contributed by atoms with Gasteiger partial charge in [0.1, 0.15) is 5.78 Å². The molecule has 0 bridgehead atoms. The number of carbonyl (C=O) groups is 2. The highest BCUT2D eigenvalue weighted by Crippen LogP contribution is 2.21. The van der Waals surface area contributed by atoms with E-state index in [0.29, 0.717) is 6.42 Å². The number of nitrogens with zero attached hydrogens (tertiary/aromatic N) is 1. The van der Waals surface area contributed by atoms with E-state index in [1.54, 1.807) is 24.3 Å². The molecule has 0 unspecified atom stereocenters. The van der Waals surface area contributed by atoms with E-state index < -0.39 is 14.8 Å². The molecule has 0 atom stereocenters. The Hall–Kier alpha value is -3.65. The first kappa shape index (κ1) is 25.0. The molecular formula is C26H25NO6S. The SMILES string of the molecule is Cc1ccc(CC(=O)CCS(=O)(=O)c2ccccc2C(=O)CCc2ccc([N+](=O)[O-])cc2)cc1. The van der Waals surface area contributed by atoms with Crippen LogP contribution in [0.2, 0.25) is 0 Å². The summed E-state index contributed by atoms with van der Waals surface area (Å²) >= 11 is 0. The van der Waals surface area contributed by atoms with Gasteiger partial charge in [-0.2, -0.15) is 0 Å². The topological polar surface area (TPSA) is 111 Å². The monoisotopic (exact) mass is 479 g/mol. The number of aryl methyl sites for hydroxylation is 2. The maximum atomic E-state index is 13.0. The molecule has 0 spiro atoms. The zero-order chi connectivity index (χ0) is 24.7. The van der Waals surface area contributed by atoms with E-state index in [-0.39, 0.29) is 52.7 Å². The van der Waals surface area contributed by atoms with E-state index in [1.807, 2.05) is 31.2 Å². The lowest BCUT2D eigenvalue weighted by Crippen LogP contribution is -2.16. The van der Waals surface area contributed by atoms with Gasteiger partial charge in [-0.15, -0.1) is 0 Å². The lowest BCUT2D eigenvalue weighted by Gasteiger charge is -2.10. The van der Waals surface area contributed by atoms with Gasteiger partial charge in [-0.1, -0.05) is 60.2 Å². The van der Waals surface area contributed by atoms with E-state index in [0.717, 1.165) is 16.7 Å². The van der Waals surface area contributed by atoms with Crippen LogP contribution < -0.4 is 0 Å². The third-order valence-electron chi connectivity index (χ3n) is 5.48. The quantitative estimate of drug-likeness (QED) is 0.224. The normalized spacial score (nSPS) is 11.2. The Morgan fingerprint density at radius 3 is 2.12 bits per heavy atom. The van der Waals surface area contributed by atoms with E-state index in [2.05, 4.69) is 0 Å². The minimum absolute atomic E-state index is 0.0385. The summed E-state index contributed by atoms with van der Waals surface area (Å²) in [5.41, 5.74) is 2.70. The molecule has 3 aromatic rings. The Morgan fingerprint density at radius 2 is 1.47 bits per heavy atom. The first-order valence-electron chi connectivity index (χ1n) is 10.8. The molecule has 0 aliphatic rings. The van der Waals surface area contributed by atoms with Crippen molar-refractivity contribution < 1.29 is 22.9 Å². The second-order valence-electron chi connectivity index (χ2n) is 8.11. The van der Waals surface area contributed by atoms with Crippen LogP contribution in [0.4, 0.5) is 5.69 Å². The summed E-state index contributed by atoms with van der Waals surface area (Å²) < 4.78 is 25.9. The molecule has 8 heteroatoms. The molecule has 0 aliphatic heterocycles. The number of Topliss-reactive ketones (excluding diaryl/α,β-unsaturated/α-hetero) is 2. The van der Waals surface area contributed by atoms with Crippen LogP contribution >= 0.6 is 0 Å². The van der Waals surface area contributed by atoms with Crippen LogP contribution in [-0.2, 0) is 27.5 Å². The Balaban J connectivity index is 1.65. The van der Waals surface area contributed by atoms with Crippen LogP contribution in [0.15, 0.2) is 77.7 Å². The molecule has 176 valence electrons. The number of nitro groups is 1. The highest BCUT2D eigenvalue weighted by molar-refractivity contribution is 7.91. The molecule has 0 heterocycles. The molecule has 7 nitrogen and oxygen atoms in total. The predicted molar refractivity (Wildman–Crippen MR) is 129 cm³/mol. The van der Waals surface area contributed by atoms with Crippen molar-refractivity contribution >= 4 is 27.1 Å². The van der Waals surface area contributed by atoms with E-state index in [9.17, 15) is 28.1 Å². The van der Waals surface area contributed by atoms with Crippen LogP contribution in [0.1, 0.15) is 39.9 Å². The van der Waals surface area contributed by atoms with Crippen molar-refractivity contribution in [1.82, 2.24) is 0 Å². The molecule has 0 fully saturated rings. The van der Waals surface area contributed by atoms with Crippen LogP contribution in [0.3, 0.4) is 0 Å². The molecule has 3 rings (SSSR count). The lowest BCUT2D eigenvalue weighted by molar-refractivity contribution is -0.384. The van der Waals surface area contributed by atoms with Crippen LogP contribution in [-0.4, -0.2) is 30.7 Å². The fraction of sp³-hybridized carbons (Fsp3) is 0.231. The largest absolute Gasteiger partial charge is 0.299 e. The third-order valence-corrected chi connectivity index (χ3v) is 7.25. The van der Waals surface area contributed by atoms with Gasteiger partial charge < -0.3 is 0 Å². The van der Waals surface area contributed by atoms with Gasteiger partial charge in [0.25, 0.3) is 5.69 Å². The van der Waals surface area contributed by atoms with Gasteiger partial charge in [-0.3, -0.25) is 19.7 Å². The minimum Gasteiger partial charge on any atom is -0.299 e. The summed E-state index contributed by atoms with van der Waals surface area (Å²) in [6.45, 7) is 1.95. The number of hydrogen-bond donors (Lipinski definition) is 0. The summed E-state index contributed by atoms with van der Waals surface area (Å²) in [6, 6.07) is 19.4. The molecule has 0 amide bonds. The highest BCUT2D eigenvalue weighted by atomic mass is 32.2. The fourth-order valence-corrected chi connectivity index (χ4v) is 5.04. The zero-order valence-electron chi connectivity index (χ0n) is 18.8. The molecule has 34 heavy (non-hydrogen) atoms. The number of nitro benzene ring substituents is 1. The number of rotatable bonds is 11. The second kappa shape index (κ2) is 11.0. The van der Waals surface area contributed by atoms with Gasteiger partial charge in [0.05, 0.1) is 15.6 Å². The summed E-state index contributed by atoms with van der Waals surface area (Å²) in [5.74, 6) is -0.900. The smallest absolute Gasteiger partial charge is 0.269 e. The Kier molecular flexibility index (Phi) is 8.07. The highest BCUT2D eigenvalue weighted by Gasteiger charge is 2.23. The standard InChI is InChI=1S/C26H25NO6S/c1-19-6-8-21(9-7-19)18-23(28)16-17-34(32,33)26-5-3-2-4-24(26)25(29)15-12-20-10-13-22(14-11-20)27(30)31/h2-11,13-14H,12,15-18H2,1H3. The summed E-state index contributed by atoms with van der Waals surface area (Å²) in [6.07, 6.45) is 0.393. The first-order chi connectivity index (χ1) is 16.2. The van der Waals surface area contributed by atoms with E-state index in [4.69, 9.17) is 0 Å². The number of benzene rings is 3. The van der Waals surface area contributed by atoms with Gasteiger partial charge in [-0.25, -0.2) is 8.42 Å². The van der Waals surface area contributed by atoms with Crippen molar-refractivity contribution in [3.63, 3.8) is 0 Å². The van der Waals surface area contributed by atoms with E-state index >= 15 is 0 Å². The van der Waals surface area contributed by atoms with Crippen molar-refractivity contribution in [2.45, 2.75) is 37.5 Å². The van der Waals surface area contributed by atoms with Crippen molar-refractivity contribution in [2.75, 3.05) is 5.75 Å². The van der Waals surface area contributed by atoms with Crippen molar-refractivity contribution in [2.24, 2.45) is 0 Å². The minimum atomic E-state index is -3.84. The van der Waals surface area contributed by atoms with Gasteiger partial charge in [0.2, 0.25) is 0 Å². The summed E-state index contributed by atoms with van der Waals surface area (Å²) in [7, 11) is -3.84. The van der Waals surface area contributed by atoms with Gasteiger partial charge in [0.15, 0.2) is 15.6 Å². The predicted octanol–water partition coefficient (Wildman–Crippen LogP) is 4.69. The number of ketones is 2. The summed E-state index contributed by atoms with van der Waals surface area (Å²) in [5, 5.41) is 10.8. The van der Waals surface area contributed by atoms with Gasteiger partial charge in [0, 0.05) is 37.0 Å². The molecule has 0 aliphatic carbocycles. The lowest BCUT2D eigenvalue weighted by atomic mass is 10.0. The van der Waals surface area contributed by atoms with E-state index in [1.165, 1.54) is 24.3 Å². The van der Waals surface area contributed by atoms with Gasteiger partial charge in [-0.05, 0) is 30.5 Å². The Bertz CT molecular complexity index is 1300. The Labute approximate surface area is 198 Å². The molecule has 0 saturated carbocycles. The maximum Gasteiger partial charge on any atom is 0.269 e. The second-order valence-corrected chi connectivity index (χ2v) is 10.2. The first-order valence-corrected chi connectivity index (χ1v) is 12.5. The molecule has 0 saturated heterocycles. The van der Waals surface area contributed by atoms with Gasteiger partial charge >= 0.3 is 0 Å².